The molecule has 0 aromatic heterocycles. The van der Waals surface area contributed by atoms with Crippen LogP contribution in [0.25, 0.3) is 0 Å². The molecule has 0 aliphatic carbocycles. The number of guanidine groups is 1. The molecule has 0 radical (unpaired) electrons. The standard InChI is InChI=1S/C23H37N3O2.HI/c1-5-6-7-8-9-16-26(3)22(24-2)25-19-23(14-17-28-18-15-23)20-10-12-21(27-4)13-11-20;/h5,10-13H,1,6-9,14-19H2,2-4H3,(H,24,25);1H. The van der Waals surface area contributed by atoms with Crippen LogP contribution in [0.2, 0.25) is 0 Å². The number of allylic oxidation sites excluding steroid dienone is 1. The molecule has 2 rings (SSSR count). The highest BCUT2D eigenvalue weighted by molar-refractivity contribution is 14.0. The number of ether oxygens (including phenoxy) is 2. The van der Waals surface area contributed by atoms with Gasteiger partial charge in [0, 0.05) is 45.8 Å². The summed E-state index contributed by atoms with van der Waals surface area (Å²) in [5.74, 6) is 1.86. The maximum atomic E-state index is 5.66. The summed E-state index contributed by atoms with van der Waals surface area (Å²) in [4.78, 5) is 6.73. The molecule has 5 nitrogen and oxygen atoms in total. The van der Waals surface area contributed by atoms with Crippen molar-refractivity contribution >= 4 is 29.9 Å². The van der Waals surface area contributed by atoms with E-state index >= 15 is 0 Å². The Bertz CT molecular complexity index is 613. The minimum Gasteiger partial charge on any atom is -0.497 e. The van der Waals surface area contributed by atoms with Crippen molar-refractivity contribution < 1.29 is 9.47 Å². The molecule has 1 heterocycles. The Balaban J connectivity index is 0.00000420. The van der Waals surface area contributed by atoms with Gasteiger partial charge >= 0.3 is 0 Å². The van der Waals surface area contributed by atoms with Crippen molar-refractivity contribution in [2.45, 2.75) is 43.9 Å². The first-order valence-corrected chi connectivity index (χ1v) is 10.4. The molecule has 6 heteroatoms. The van der Waals surface area contributed by atoms with E-state index in [2.05, 4.69) is 53.1 Å². The number of nitrogens with zero attached hydrogens (tertiary/aromatic N) is 2. The summed E-state index contributed by atoms with van der Waals surface area (Å²) >= 11 is 0. The molecule has 1 saturated heterocycles. The summed E-state index contributed by atoms with van der Waals surface area (Å²) in [6.07, 6.45) is 8.72. The second kappa shape index (κ2) is 13.9. The number of hydrogen-bond donors (Lipinski definition) is 1. The third-order valence-corrected chi connectivity index (χ3v) is 5.71. The van der Waals surface area contributed by atoms with Gasteiger partial charge in [-0.3, -0.25) is 4.99 Å². The number of hydrogen-bond acceptors (Lipinski definition) is 3. The van der Waals surface area contributed by atoms with Crippen LogP contribution in [0, 0.1) is 0 Å². The van der Waals surface area contributed by atoms with Crippen LogP contribution < -0.4 is 10.1 Å². The van der Waals surface area contributed by atoms with Gasteiger partial charge in [0.1, 0.15) is 5.75 Å². The molecular weight excluding hydrogens is 477 g/mol. The number of halogens is 1. The van der Waals surface area contributed by atoms with E-state index in [1.807, 2.05) is 13.1 Å². The molecule has 0 unspecified atom stereocenters. The smallest absolute Gasteiger partial charge is 0.193 e. The van der Waals surface area contributed by atoms with E-state index < -0.39 is 0 Å². The molecule has 29 heavy (non-hydrogen) atoms. The molecule has 0 amide bonds. The van der Waals surface area contributed by atoms with Gasteiger partial charge in [0.15, 0.2) is 5.96 Å². The predicted molar refractivity (Wildman–Crippen MR) is 133 cm³/mol. The van der Waals surface area contributed by atoms with Crippen LogP contribution in [0.5, 0.6) is 5.75 Å². The third-order valence-electron chi connectivity index (χ3n) is 5.71. The molecule has 0 atom stereocenters. The molecule has 0 saturated carbocycles. The summed E-state index contributed by atoms with van der Waals surface area (Å²) in [6.45, 7) is 7.25. The molecule has 0 bridgehead atoms. The van der Waals surface area contributed by atoms with E-state index in [0.717, 1.165) is 57.3 Å². The van der Waals surface area contributed by atoms with Crippen LogP contribution in [-0.4, -0.2) is 58.4 Å². The van der Waals surface area contributed by atoms with Gasteiger partial charge in [-0.2, -0.15) is 0 Å². The Hall–Kier alpha value is -1.28. The van der Waals surface area contributed by atoms with Gasteiger partial charge in [-0.15, -0.1) is 30.6 Å². The molecule has 1 aliphatic rings. The van der Waals surface area contributed by atoms with E-state index in [-0.39, 0.29) is 29.4 Å². The second-order valence-electron chi connectivity index (χ2n) is 7.58. The lowest BCUT2D eigenvalue weighted by Gasteiger charge is -2.39. The van der Waals surface area contributed by atoms with Crippen LogP contribution >= 0.6 is 24.0 Å². The van der Waals surface area contributed by atoms with E-state index in [4.69, 9.17) is 9.47 Å². The second-order valence-corrected chi connectivity index (χ2v) is 7.58. The Morgan fingerprint density at radius 3 is 2.52 bits per heavy atom. The number of unbranched alkanes of at least 4 members (excludes halogenated alkanes) is 3. The number of aliphatic imine (C=N–C) groups is 1. The van der Waals surface area contributed by atoms with Crippen LogP contribution in [0.15, 0.2) is 41.9 Å². The fourth-order valence-corrected chi connectivity index (χ4v) is 3.83. The molecular formula is C23H38IN3O2. The maximum absolute atomic E-state index is 5.66. The minimum absolute atomic E-state index is 0. The molecule has 1 aromatic carbocycles. The van der Waals surface area contributed by atoms with Gasteiger partial charge in [-0.1, -0.05) is 24.6 Å². The summed E-state index contributed by atoms with van der Waals surface area (Å²) < 4.78 is 11.0. The Labute approximate surface area is 194 Å². The van der Waals surface area contributed by atoms with Crippen LogP contribution in [0.4, 0.5) is 0 Å². The highest BCUT2D eigenvalue weighted by atomic mass is 127. The Kier molecular flexibility index (Phi) is 12.3. The highest BCUT2D eigenvalue weighted by Crippen LogP contribution is 2.35. The van der Waals surface area contributed by atoms with Crippen molar-refractivity contribution in [3.8, 4) is 5.75 Å². The molecule has 164 valence electrons. The summed E-state index contributed by atoms with van der Waals surface area (Å²) in [7, 11) is 5.69. The van der Waals surface area contributed by atoms with Crippen LogP contribution in [0.1, 0.15) is 44.1 Å². The van der Waals surface area contributed by atoms with Crippen molar-refractivity contribution in [1.82, 2.24) is 10.2 Å². The molecule has 1 fully saturated rings. The van der Waals surface area contributed by atoms with Crippen LogP contribution in [0.3, 0.4) is 0 Å². The average Bonchev–Trinajstić information content (AvgIpc) is 2.74. The summed E-state index contributed by atoms with van der Waals surface area (Å²) in [5, 5.41) is 3.63. The minimum atomic E-state index is 0. The molecule has 1 aromatic rings. The fourth-order valence-electron chi connectivity index (χ4n) is 3.83. The van der Waals surface area contributed by atoms with Crippen molar-refractivity contribution in [3.63, 3.8) is 0 Å². The number of nitrogens with one attached hydrogen (secondary N) is 1. The zero-order chi connectivity index (χ0) is 20.2. The van der Waals surface area contributed by atoms with Gasteiger partial charge in [-0.25, -0.2) is 0 Å². The topological polar surface area (TPSA) is 46.1 Å². The van der Waals surface area contributed by atoms with Gasteiger partial charge in [0.05, 0.1) is 7.11 Å². The van der Waals surface area contributed by atoms with E-state index in [0.29, 0.717) is 0 Å². The average molecular weight is 515 g/mol. The Morgan fingerprint density at radius 2 is 1.93 bits per heavy atom. The van der Waals surface area contributed by atoms with E-state index in [1.165, 1.54) is 24.8 Å². The van der Waals surface area contributed by atoms with E-state index in [1.54, 1.807) is 7.11 Å². The number of rotatable bonds is 10. The lowest BCUT2D eigenvalue weighted by atomic mass is 9.74. The van der Waals surface area contributed by atoms with Gasteiger partial charge in [0.2, 0.25) is 0 Å². The quantitative estimate of drug-likeness (QED) is 0.163. The first-order chi connectivity index (χ1) is 13.6. The van der Waals surface area contributed by atoms with Crippen molar-refractivity contribution in [1.29, 1.82) is 0 Å². The highest BCUT2D eigenvalue weighted by Gasteiger charge is 2.34. The lowest BCUT2D eigenvalue weighted by Crippen LogP contribution is -2.48. The van der Waals surface area contributed by atoms with Crippen molar-refractivity contribution in [2.24, 2.45) is 4.99 Å². The van der Waals surface area contributed by atoms with Gasteiger partial charge < -0.3 is 19.7 Å². The normalized spacial score (nSPS) is 15.9. The van der Waals surface area contributed by atoms with Crippen LogP contribution in [-0.2, 0) is 10.2 Å². The SMILES string of the molecule is C=CCCCCCN(C)C(=NC)NCC1(c2ccc(OC)cc2)CCOCC1.I. The maximum Gasteiger partial charge on any atom is 0.193 e. The van der Waals surface area contributed by atoms with Crippen molar-refractivity contribution in [3.05, 3.63) is 42.5 Å². The largest absolute Gasteiger partial charge is 0.497 e. The zero-order valence-corrected chi connectivity index (χ0v) is 20.6. The number of benzene rings is 1. The predicted octanol–water partition coefficient (Wildman–Crippen LogP) is 4.62. The lowest BCUT2D eigenvalue weighted by molar-refractivity contribution is 0.0512. The fraction of sp³-hybridized carbons (Fsp3) is 0.609. The van der Waals surface area contributed by atoms with E-state index in [9.17, 15) is 0 Å². The first kappa shape index (κ1) is 25.8. The van der Waals surface area contributed by atoms with Crippen molar-refractivity contribution in [2.75, 3.05) is 47.5 Å². The monoisotopic (exact) mass is 515 g/mol. The summed E-state index contributed by atoms with van der Waals surface area (Å²) in [5.41, 5.74) is 1.40. The molecule has 1 N–H and O–H groups in total. The Morgan fingerprint density at radius 1 is 1.24 bits per heavy atom. The third kappa shape index (κ3) is 7.81. The van der Waals surface area contributed by atoms with Gasteiger partial charge in [0.25, 0.3) is 0 Å². The summed E-state index contributed by atoms with van der Waals surface area (Å²) in [6, 6.07) is 8.49. The molecule has 0 spiro atoms. The number of methoxy groups -OCH3 is 1. The van der Waals surface area contributed by atoms with Gasteiger partial charge in [-0.05, 0) is 49.8 Å². The zero-order valence-electron chi connectivity index (χ0n) is 18.3. The molecule has 1 aliphatic heterocycles. The first-order valence-electron chi connectivity index (χ1n) is 10.4.